The second-order valence-corrected chi connectivity index (χ2v) is 7.60. The van der Waals surface area contributed by atoms with Gasteiger partial charge in [-0.25, -0.2) is 9.78 Å². The first kappa shape index (κ1) is 21.2. The van der Waals surface area contributed by atoms with Gasteiger partial charge in [-0.2, -0.15) is 0 Å². The number of urea groups is 1. The van der Waals surface area contributed by atoms with Crippen LogP contribution in [0.2, 0.25) is 10.0 Å². The zero-order valence-corrected chi connectivity index (χ0v) is 17.4. The summed E-state index contributed by atoms with van der Waals surface area (Å²) in [5, 5.41) is 9.53. The van der Waals surface area contributed by atoms with Gasteiger partial charge in [-0.3, -0.25) is 4.79 Å². The van der Waals surface area contributed by atoms with E-state index >= 15 is 0 Å². The Kier molecular flexibility index (Phi) is 7.55. The second kappa shape index (κ2) is 10.3. The van der Waals surface area contributed by atoms with Crippen molar-refractivity contribution in [3.05, 3.63) is 57.7 Å². The van der Waals surface area contributed by atoms with Gasteiger partial charge in [0, 0.05) is 45.3 Å². The predicted octanol–water partition coefficient (Wildman–Crippen LogP) is 3.42. The highest BCUT2D eigenvalue weighted by Gasteiger charge is 2.19. The molecule has 1 aromatic carbocycles. The molecule has 0 radical (unpaired) electrons. The zero-order valence-electron chi connectivity index (χ0n) is 15.9. The van der Waals surface area contributed by atoms with E-state index in [9.17, 15) is 9.59 Å². The average Bonchev–Trinajstić information content (AvgIpc) is 3.10. The number of aromatic nitrogens is 1. The van der Waals surface area contributed by atoms with E-state index in [1.54, 1.807) is 6.07 Å². The van der Waals surface area contributed by atoms with Crippen LogP contribution in [-0.2, 0) is 17.9 Å². The Morgan fingerprint density at radius 2 is 1.97 bits per heavy atom. The lowest BCUT2D eigenvalue weighted by atomic mass is 10.1. The van der Waals surface area contributed by atoms with Crippen LogP contribution < -0.4 is 16.0 Å². The van der Waals surface area contributed by atoms with Gasteiger partial charge in [0.25, 0.3) is 0 Å². The first-order valence-electron chi connectivity index (χ1n) is 9.43. The van der Waals surface area contributed by atoms with Crippen LogP contribution in [0.25, 0.3) is 0 Å². The highest BCUT2D eigenvalue weighted by molar-refractivity contribution is 6.35. The molecule has 1 aliphatic rings. The van der Waals surface area contributed by atoms with Gasteiger partial charge in [-0.1, -0.05) is 47.5 Å². The maximum atomic E-state index is 12.0. The predicted molar refractivity (Wildman–Crippen MR) is 114 cm³/mol. The monoisotopic (exact) mass is 435 g/mol. The Hall–Kier alpha value is -2.51. The zero-order chi connectivity index (χ0) is 20.6. The summed E-state index contributed by atoms with van der Waals surface area (Å²) in [5.41, 5.74) is 2.05. The molecule has 0 atom stereocenters. The second-order valence-electron chi connectivity index (χ2n) is 6.76. The lowest BCUT2D eigenvalue weighted by molar-refractivity contribution is -0.128. The van der Waals surface area contributed by atoms with Crippen LogP contribution in [-0.4, -0.2) is 41.5 Å². The number of halogens is 2. The normalized spacial score (nSPS) is 13.4. The fourth-order valence-electron chi connectivity index (χ4n) is 3.08. The van der Waals surface area contributed by atoms with E-state index in [1.807, 2.05) is 29.2 Å². The van der Waals surface area contributed by atoms with Crippen molar-refractivity contribution in [3.8, 4) is 0 Å². The fourth-order valence-corrected chi connectivity index (χ4v) is 3.52. The van der Waals surface area contributed by atoms with Crippen LogP contribution in [0.1, 0.15) is 24.0 Å². The van der Waals surface area contributed by atoms with Crippen LogP contribution >= 0.6 is 23.2 Å². The molecule has 29 heavy (non-hydrogen) atoms. The van der Waals surface area contributed by atoms with E-state index in [-0.39, 0.29) is 11.9 Å². The van der Waals surface area contributed by atoms with Gasteiger partial charge < -0.3 is 20.9 Å². The van der Waals surface area contributed by atoms with Crippen LogP contribution in [0.3, 0.4) is 0 Å². The molecule has 3 rings (SSSR count). The van der Waals surface area contributed by atoms with Gasteiger partial charge in [0.05, 0.1) is 10.0 Å². The molecule has 7 nitrogen and oxygen atoms in total. The van der Waals surface area contributed by atoms with Crippen molar-refractivity contribution in [3.63, 3.8) is 0 Å². The molecule has 1 fully saturated rings. The number of carbonyl (C=O) groups is 2. The van der Waals surface area contributed by atoms with Crippen molar-refractivity contribution in [2.75, 3.05) is 25.0 Å². The number of anilines is 1. The van der Waals surface area contributed by atoms with Crippen molar-refractivity contribution >= 4 is 41.0 Å². The Morgan fingerprint density at radius 1 is 1.14 bits per heavy atom. The summed E-state index contributed by atoms with van der Waals surface area (Å²) >= 11 is 11.8. The molecular weight excluding hydrogens is 413 g/mol. The average molecular weight is 436 g/mol. The number of pyridine rings is 1. The molecule has 1 aromatic heterocycles. The van der Waals surface area contributed by atoms with Crippen LogP contribution in [0, 0.1) is 0 Å². The van der Waals surface area contributed by atoms with Crippen molar-refractivity contribution < 1.29 is 9.59 Å². The quantitative estimate of drug-likeness (QED) is 0.554. The van der Waals surface area contributed by atoms with Gasteiger partial charge in [-0.05, 0) is 23.6 Å². The molecule has 0 aliphatic carbocycles. The molecule has 0 spiro atoms. The number of nitrogens with one attached hydrogen (secondary N) is 3. The summed E-state index contributed by atoms with van der Waals surface area (Å²) in [4.78, 5) is 29.7. The minimum atomic E-state index is -0.262. The minimum Gasteiger partial charge on any atom is -0.367 e. The van der Waals surface area contributed by atoms with Crippen LogP contribution in [0.4, 0.5) is 10.6 Å². The third kappa shape index (κ3) is 6.51. The van der Waals surface area contributed by atoms with Crippen molar-refractivity contribution in [1.82, 2.24) is 20.5 Å². The number of rotatable bonds is 8. The Morgan fingerprint density at radius 3 is 2.72 bits per heavy atom. The van der Waals surface area contributed by atoms with Crippen LogP contribution in [0.5, 0.6) is 0 Å². The molecule has 2 heterocycles. The fraction of sp³-hybridized carbons (Fsp3) is 0.350. The van der Waals surface area contributed by atoms with Crippen molar-refractivity contribution in [2.45, 2.75) is 25.9 Å². The summed E-state index contributed by atoms with van der Waals surface area (Å²) < 4.78 is 0. The number of likely N-dealkylation sites (tertiary alicyclic amines) is 1. The third-order valence-corrected chi connectivity index (χ3v) is 4.99. The molecule has 1 saturated heterocycles. The van der Waals surface area contributed by atoms with Gasteiger partial charge in [-0.15, -0.1) is 0 Å². The Bertz CT molecular complexity index is 878. The summed E-state index contributed by atoms with van der Waals surface area (Å²) in [6, 6.07) is 9.25. The minimum absolute atomic E-state index is 0.205. The molecule has 2 aromatic rings. The van der Waals surface area contributed by atoms with Gasteiger partial charge >= 0.3 is 6.03 Å². The van der Waals surface area contributed by atoms with Gasteiger partial charge in [0.15, 0.2) is 0 Å². The maximum Gasteiger partial charge on any atom is 0.315 e. The smallest absolute Gasteiger partial charge is 0.315 e. The topological polar surface area (TPSA) is 86.4 Å². The number of benzene rings is 1. The molecule has 0 saturated carbocycles. The van der Waals surface area contributed by atoms with E-state index in [4.69, 9.17) is 23.2 Å². The number of nitrogens with zero attached hydrogens (tertiary/aromatic N) is 2. The van der Waals surface area contributed by atoms with Crippen LogP contribution in [0.15, 0.2) is 36.5 Å². The molecular formula is C20H23Cl2N5O2. The highest BCUT2D eigenvalue weighted by atomic mass is 35.5. The van der Waals surface area contributed by atoms with Gasteiger partial charge in [0.1, 0.15) is 5.82 Å². The summed E-state index contributed by atoms with van der Waals surface area (Å²) in [5.74, 6) is 0.725. The standard InChI is InChI=1S/C20H23Cl2N5O2/c21-16-10-17(22)19(25-12-16)23-6-7-24-20(29)26-11-14-3-1-4-15(9-14)13-27-8-2-5-18(27)28/h1,3-4,9-10,12H,2,5-8,11,13H2,(H,23,25)(H2,24,26,29). The molecule has 3 amide bonds. The van der Waals surface area contributed by atoms with Crippen molar-refractivity contribution in [2.24, 2.45) is 0 Å². The SMILES string of the molecule is O=C(NCCNc1ncc(Cl)cc1Cl)NCc1cccc(CN2CCCC2=O)c1. The number of carbonyl (C=O) groups excluding carboxylic acids is 2. The van der Waals surface area contributed by atoms with E-state index in [0.29, 0.717) is 48.5 Å². The summed E-state index contributed by atoms with van der Waals surface area (Å²) in [7, 11) is 0. The third-order valence-electron chi connectivity index (χ3n) is 4.50. The highest BCUT2D eigenvalue weighted by Crippen LogP contribution is 2.22. The first-order valence-corrected chi connectivity index (χ1v) is 10.2. The van der Waals surface area contributed by atoms with E-state index in [2.05, 4.69) is 20.9 Å². The number of hydrogen-bond donors (Lipinski definition) is 3. The summed E-state index contributed by atoms with van der Waals surface area (Å²) in [6.07, 6.45) is 3.07. The first-order chi connectivity index (χ1) is 14.0. The molecule has 154 valence electrons. The van der Waals surface area contributed by atoms with Crippen molar-refractivity contribution in [1.29, 1.82) is 0 Å². The summed E-state index contributed by atoms with van der Waals surface area (Å²) in [6.45, 7) is 2.72. The molecule has 3 N–H and O–H groups in total. The largest absolute Gasteiger partial charge is 0.367 e. The van der Waals surface area contributed by atoms with E-state index < -0.39 is 0 Å². The Labute approximate surface area is 179 Å². The Balaban J connectivity index is 1.38. The lowest BCUT2D eigenvalue weighted by Gasteiger charge is -2.16. The molecule has 1 aliphatic heterocycles. The molecule has 0 unspecified atom stereocenters. The van der Waals surface area contributed by atoms with E-state index in [0.717, 1.165) is 24.1 Å². The number of hydrogen-bond acceptors (Lipinski definition) is 4. The molecule has 9 heteroatoms. The maximum absolute atomic E-state index is 12.0. The van der Waals surface area contributed by atoms with E-state index in [1.165, 1.54) is 6.20 Å². The number of amides is 3. The van der Waals surface area contributed by atoms with Gasteiger partial charge in [0.2, 0.25) is 5.91 Å². The lowest BCUT2D eigenvalue weighted by Crippen LogP contribution is -2.37. The molecule has 0 bridgehead atoms.